The number of fused-ring (bicyclic) bond motifs is 2. The summed E-state index contributed by atoms with van der Waals surface area (Å²) in [5.74, 6) is -0.114. The summed E-state index contributed by atoms with van der Waals surface area (Å²) in [6.07, 6.45) is -0.109. The number of ether oxygens (including phenoxy) is 4. The van der Waals surface area contributed by atoms with Gasteiger partial charge in [0.15, 0.2) is 12.6 Å². The van der Waals surface area contributed by atoms with E-state index < -0.39 is 6.10 Å². The van der Waals surface area contributed by atoms with E-state index in [1.54, 1.807) is 0 Å². The summed E-state index contributed by atoms with van der Waals surface area (Å²) < 4.78 is 21.9. The van der Waals surface area contributed by atoms with E-state index >= 15 is 0 Å². The van der Waals surface area contributed by atoms with E-state index in [4.69, 9.17) is 24.5 Å². The molecule has 0 saturated carbocycles. The highest BCUT2D eigenvalue weighted by Gasteiger charge is 2.47. The lowest BCUT2D eigenvalue weighted by Crippen LogP contribution is -2.48. The summed E-state index contributed by atoms with van der Waals surface area (Å²) >= 11 is 0. The van der Waals surface area contributed by atoms with Crippen LogP contribution < -0.4 is 0 Å². The van der Waals surface area contributed by atoms with Gasteiger partial charge >= 0.3 is 0 Å². The van der Waals surface area contributed by atoms with Crippen molar-refractivity contribution in [3.8, 4) is 0 Å². The molecule has 5 rings (SSSR count). The molecule has 0 unspecified atom stereocenters. The van der Waals surface area contributed by atoms with Crippen LogP contribution in [0, 0.1) is 11.8 Å². The second kappa shape index (κ2) is 11.6. The molecule has 0 aromatic heterocycles. The number of aliphatic hydroxyl groups excluding tert-OH is 2. The molecule has 4 fully saturated rings. The van der Waals surface area contributed by atoms with Crippen LogP contribution in [0.2, 0.25) is 0 Å². The normalized spacial score (nSPS) is 37.5. The Morgan fingerprint density at radius 1 is 0.970 bits per heavy atom. The van der Waals surface area contributed by atoms with Gasteiger partial charge in [-0.1, -0.05) is 42.4 Å². The number of hydrogen-bond donors (Lipinski definition) is 2. The van der Waals surface area contributed by atoms with Crippen molar-refractivity contribution >= 4 is 0 Å². The van der Waals surface area contributed by atoms with Crippen LogP contribution in [-0.4, -0.2) is 85.0 Å². The van der Waals surface area contributed by atoms with E-state index in [0.29, 0.717) is 39.3 Å². The lowest BCUT2D eigenvalue weighted by Gasteiger charge is -2.37. The fourth-order valence-corrected chi connectivity index (χ4v) is 5.19. The Hall–Kier alpha value is -1.75. The molecule has 1 aromatic carbocycles. The summed E-state index contributed by atoms with van der Waals surface area (Å²) in [5, 5.41) is 23.5. The second-order valence-corrected chi connectivity index (χ2v) is 8.90. The fraction of sp³-hybridized carbons (Fsp3) is 0.739. The molecule has 2 N–H and O–H groups in total. The maximum absolute atomic E-state index is 10.3. The Balaban J connectivity index is 0.000000172. The highest BCUT2D eigenvalue weighted by molar-refractivity contribution is 5.15. The Morgan fingerprint density at radius 2 is 1.61 bits per heavy atom. The van der Waals surface area contributed by atoms with Gasteiger partial charge in [0.2, 0.25) is 0 Å². The molecule has 0 spiro atoms. The summed E-state index contributed by atoms with van der Waals surface area (Å²) in [6.45, 7) is 6.08. The van der Waals surface area contributed by atoms with Gasteiger partial charge in [-0.3, -0.25) is 4.90 Å². The summed E-state index contributed by atoms with van der Waals surface area (Å²) in [4.78, 5) is 5.11. The van der Waals surface area contributed by atoms with Gasteiger partial charge in [-0.15, -0.1) is 0 Å². The van der Waals surface area contributed by atoms with Crippen molar-refractivity contribution in [2.45, 2.75) is 63.2 Å². The van der Waals surface area contributed by atoms with Gasteiger partial charge in [0.1, 0.15) is 0 Å². The molecule has 10 nitrogen and oxygen atoms in total. The first-order valence-corrected chi connectivity index (χ1v) is 11.8. The fourth-order valence-electron chi connectivity index (χ4n) is 5.19. The number of nitrogens with zero attached hydrogens (tertiary/aromatic N) is 4. The van der Waals surface area contributed by atoms with Gasteiger partial charge in [-0.25, -0.2) is 0 Å². The first kappa shape index (κ1) is 24.4. The van der Waals surface area contributed by atoms with Crippen LogP contribution >= 0.6 is 0 Å². The van der Waals surface area contributed by atoms with Gasteiger partial charge in [0, 0.05) is 23.4 Å². The van der Waals surface area contributed by atoms with Crippen LogP contribution in [0.25, 0.3) is 10.4 Å². The van der Waals surface area contributed by atoms with Gasteiger partial charge in [0.05, 0.1) is 50.6 Å². The molecule has 8 atom stereocenters. The van der Waals surface area contributed by atoms with Crippen molar-refractivity contribution in [2.24, 2.45) is 17.0 Å². The SMILES string of the molecule is CCN(Cc1ccccc1)[C@H]1CO[C@@H]2OCC[C@H](O)[C@@H]21.[N-]=[N+]=N[C@H]1CO[C@@H]2OCC[C@H](O)[C@@H]21. The Labute approximate surface area is 194 Å². The molecule has 33 heavy (non-hydrogen) atoms. The Kier molecular flexibility index (Phi) is 8.56. The number of benzene rings is 1. The number of hydrogen-bond acceptors (Lipinski definition) is 8. The molecule has 1 aromatic rings. The van der Waals surface area contributed by atoms with Crippen molar-refractivity contribution in [2.75, 3.05) is 33.0 Å². The average Bonchev–Trinajstić information content (AvgIpc) is 3.45. The van der Waals surface area contributed by atoms with Crippen molar-refractivity contribution in [1.29, 1.82) is 0 Å². The van der Waals surface area contributed by atoms with Crippen LogP contribution in [-0.2, 0) is 25.5 Å². The van der Waals surface area contributed by atoms with Crippen LogP contribution in [0.1, 0.15) is 25.3 Å². The minimum absolute atomic E-state index is 0.0763. The maximum Gasteiger partial charge on any atom is 0.164 e. The zero-order valence-corrected chi connectivity index (χ0v) is 19.0. The number of likely N-dealkylation sites (N-methyl/N-ethyl adjacent to an activating group) is 1. The predicted octanol–water partition coefficient (Wildman–Crippen LogP) is 2.05. The lowest BCUT2D eigenvalue weighted by molar-refractivity contribution is -0.182. The number of aliphatic hydroxyl groups is 2. The molecular weight excluding hydrogens is 428 g/mol. The van der Waals surface area contributed by atoms with Crippen LogP contribution in [0.3, 0.4) is 0 Å². The third-order valence-corrected chi connectivity index (χ3v) is 6.96. The van der Waals surface area contributed by atoms with E-state index in [1.807, 2.05) is 6.07 Å². The van der Waals surface area contributed by atoms with Crippen LogP contribution in [0.5, 0.6) is 0 Å². The highest BCUT2D eigenvalue weighted by atomic mass is 16.7. The molecular formula is C23H34N4O6. The first-order chi connectivity index (χ1) is 16.1. The zero-order valence-electron chi connectivity index (χ0n) is 19.0. The molecule has 182 valence electrons. The molecule has 0 amide bonds. The van der Waals surface area contributed by atoms with Crippen molar-refractivity contribution < 1.29 is 29.2 Å². The van der Waals surface area contributed by atoms with Gasteiger partial charge in [0.25, 0.3) is 0 Å². The monoisotopic (exact) mass is 462 g/mol. The van der Waals surface area contributed by atoms with Crippen LogP contribution in [0.15, 0.2) is 35.4 Å². The molecule has 10 heteroatoms. The quantitative estimate of drug-likeness (QED) is 0.389. The third kappa shape index (κ3) is 5.67. The minimum Gasteiger partial charge on any atom is -0.393 e. The molecule has 0 bridgehead atoms. The van der Waals surface area contributed by atoms with E-state index in [0.717, 1.165) is 13.1 Å². The van der Waals surface area contributed by atoms with Crippen LogP contribution in [0.4, 0.5) is 0 Å². The smallest absolute Gasteiger partial charge is 0.164 e. The second-order valence-electron chi connectivity index (χ2n) is 8.90. The molecule has 0 aliphatic carbocycles. The van der Waals surface area contributed by atoms with E-state index in [-0.39, 0.29) is 42.6 Å². The van der Waals surface area contributed by atoms with Crippen molar-refractivity contribution in [1.82, 2.24) is 4.90 Å². The number of rotatable bonds is 5. The summed E-state index contributed by atoms with van der Waals surface area (Å²) in [5.41, 5.74) is 9.58. The Morgan fingerprint density at radius 3 is 2.27 bits per heavy atom. The molecule has 4 aliphatic heterocycles. The standard InChI is InChI=1S/C16H23NO3.C7H11N3O3/c1-2-17(10-12-6-4-3-5-7-12)13-11-20-16-15(13)14(18)8-9-19-16;8-10-9-4-3-13-7-6(4)5(11)1-2-12-7/h3-7,13-16,18H,2,8-11H2,1H3;4-7,11H,1-3H2/t13-,14-,15-,16-;4-,5-,6-,7-/m00/s1. The number of azide groups is 1. The average molecular weight is 463 g/mol. The largest absolute Gasteiger partial charge is 0.393 e. The molecule has 4 saturated heterocycles. The minimum atomic E-state index is -0.475. The lowest BCUT2D eigenvalue weighted by atomic mass is 9.90. The summed E-state index contributed by atoms with van der Waals surface area (Å²) in [7, 11) is 0. The predicted molar refractivity (Wildman–Crippen MR) is 119 cm³/mol. The zero-order chi connectivity index (χ0) is 23.2. The Bertz CT molecular complexity index is 794. The van der Waals surface area contributed by atoms with Gasteiger partial charge < -0.3 is 29.2 Å². The van der Waals surface area contributed by atoms with Crippen molar-refractivity contribution in [3.05, 3.63) is 46.3 Å². The topological polar surface area (TPSA) is 129 Å². The highest BCUT2D eigenvalue weighted by Crippen LogP contribution is 2.35. The summed E-state index contributed by atoms with van der Waals surface area (Å²) in [6, 6.07) is 10.4. The first-order valence-electron chi connectivity index (χ1n) is 11.8. The molecule has 4 aliphatic rings. The van der Waals surface area contributed by atoms with Crippen molar-refractivity contribution in [3.63, 3.8) is 0 Å². The van der Waals surface area contributed by atoms with E-state index in [9.17, 15) is 10.2 Å². The van der Waals surface area contributed by atoms with E-state index in [2.05, 4.69) is 46.1 Å². The van der Waals surface area contributed by atoms with Gasteiger partial charge in [-0.2, -0.15) is 0 Å². The van der Waals surface area contributed by atoms with E-state index in [1.165, 1.54) is 5.56 Å². The molecule has 4 heterocycles. The third-order valence-electron chi connectivity index (χ3n) is 6.96. The molecule has 0 radical (unpaired) electrons. The van der Waals surface area contributed by atoms with Gasteiger partial charge in [-0.05, 0) is 30.5 Å². The maximum atomic E-state index is 10.3.